The molecule has 7 nitrogen and oxygen atoms in total. The summed E-state index contributed by atoms with van der Waals surface area (Å²) in [5.74, 6) is 0.0317. The van der Waals surface area contributed by atoms with Crippen molar-refractivity contribution in [3.05, 3.63) is 11.4 Å². The quantitative estimate of drug-likeness (QED) is 0.750. The molecule has 19 heavy (non-hydrogen) atoms. The highest BCUT2D eigenvalue weighted by Gasteiger charge is 2.33. The van der Waals surface area contributed by atoms with Gasteiger partial charge in [-0.3, -0.25) is 4.79 Å². The first-order chi connectivity index (χ1) is 9.08. The summed E-state index contributed by atoms with van der Waals surface area (Å²) in [5.41, 5.74) is 1.79. The number of methoxy groups -OCH3 is 2. The van der Waals surface area contributed by atoms with Gasteiger partial charge < -0.3 is 14.4 Å². The molecule has 2 atom stereocenters. The van der Waals surface area contributed by atoms with Crippen LogP contribution in [0.4, 0.5) is 0 Å². The number of fused-ring (bicyclic) bond motifs is 1. The second kappa shape index (κ2) is 5.66. The molecule has 0 aliphatic carbocycles. The van der Waals surface area contributed by atoms with Gasteiger partial charge in [0.05, 0.1) is 11.4 Å². The Kier molecular flexibility index (Phi) is 4.16. The summed E-state index contributed by atoms with van der Waals surface area (Å²) in [6.07, 6.45) is 0.172. The van der Waals surface area contributed by atoms with Gasteiger partial charge in [-0.1, -0.05) is 5.21 Å². The fourth-order valence-electron chi connectivity index (χ4n) is 2.50. The lowest BCUT2D eigenvalue weighted by atomic mass is 10.0. The Hall–Kier alpha value is -1.47. The van der Waals surface area contributed by atoms with Crippen molar-refractivity contribution in [2.75, 3.05) is 27.3 Å². The van der Waals surface area contributed by atoms with Gasteiger partial charge in [-0.05, 0) is 0 Å². The van der Waals surface area contributed by atoms with Crippen molar-refractivity contribution in [2.24, 2.45) is 7.05 Å². The average molecular weight is 268 g/mol. The highest BCUT2D eigenvalue weighted by Crippen LogP contribution is 2.27. The molecule has 2 heterocycles. The Balaban J connectivity index is 2.39. The minimum absolute atomic E-state index is 0.0317. The van der Waals surface area contributed by atoms with E-state index in [0.717, 1.165) is 11.4 Å². The van der Waals surface area contributed by atoms with Crippen molar-refractivity contribution in [2.45, 2.75) is 25.6 Å². The topological polar surface area (TPSA) is 69.5 Å². The Morgan fingerprint density at radius 3 is 2.68 bits per heavy atom. The van der Waals surface area contributed by atoms with E-state index in [1.165, 1.54) is 0 Å². The third kappa shape index (κ3) is 2.62. The molecule has 0 radical (unpaired) electrons. The fourth-order valence-corrected chi connectivity index (χ4v) is 2.50. The van der Waals surface area contributed by atoms with Gasteiger partial charge >= 0.3 is 0 Å². The van der Waals surface area contributed by atoms with Crippen LogP contribution < -0.4 is 0 Å². The number of ether oxygens (including phenoxy) is 2. The van der Waals surface area contributed by atoms with E-state index in [-0.39, 0.29) is 18.1 Å². The summed E-state index contributed by atoms with van der Waals surface area (Å²) in [7, 11) is 5.10. The minimum atomic E-state index is -0.276. The van der Waals surface area contributed by atoms with E-state index in [1.54, 1.807) is 30.7 Å². The predicted molar refractivity (Wildman–Crippen MR) is 67.5 cm³/mol. The molecule has 0 aromatic carbocycles. The first-order valence-electron chi connectivity index (χ1n) is 6.28. The molecule has 1 amide bonds. The van der Waals surface area contributed by atoms with E-state index < -0.39 is 0 Å². The Bertz CT molecular complexity index is 460. The largest absolute Gasteiger partial charge is 0.376 e. The lowest BCUT2D eigenvalue weighted by molar-refractivity contribution is -0.133. The van der Waals surface area contributed by atoms with E-state index in [4.69, 9.17) is 9.47 Å². The van der Waals surface area contributed by atoms with E-state index >= 15 is 0 Å². The number of amides is 1. The smallest absolute Gasteiger partial charge is 0.219 e. The van der Waals surface area contributed by atoms with Crippen LogP contribution in [0, 0.1) is 0 Å². The van der Waals surface area contributed by atoms with Gasteiger partial charge in [0, 0.05) is 47.7 Å². The third-order valence-corrected chi connectivity index (χ3v) is 3.57. The van der Waals surface area contributed by atoms with Gasteiger partial charge in [-0.15, -0.1) is 5.10 Å². The molecule has 1 aromatic rings. The maximum absolute atomic E-state index is 11.6. The minimum Gasteiger partial charge on any atom is -0.376 e. The molecule has 1 aliphatic rings. The number of rotatable bonds is 2. The van der Waals surface area contributed by atoms with E-state index in [1.807, 2.05) is 7.05 Å². The Morgan fingerprint density at radius 2 is 2.11 bits per heavy atom. The number of hydrogen-bond donors (Lipinski definition) is 0. The van der Waals surface area contributed by atoms with Crippen LogP contribution in [0.25, 0.3) is 0 Å². The first-order valence-corrected chi connectivity index (χ1v) is 6.28. The molecule has 2 rings (SSSR count). The maximum Gasteiger partial charge on any atom is 0.219 e. The molecule has 2 unspecified atom stereocenters. The molecule has 0 saturated carbocycles. The molecular weight excluding hydrogens is 248 g/mol. The Morgan fingerprint density at radius 1 is 1.37 bits per heavy atom. The predicted octanol–water partition coefficient (Wildman–Crippen LogP) is -0.0778. The van der Waals surface area contributed by atoms with Crippen LogP contribution in [-0.2, 0) is 27.7 Å². The standard InChI is InChI=1S/C12H20N4O3/c1-8(17)16-6-5-9-11(15(2)14-13-9)12(19-4)10(7-16)18-3/h10,12H,5-7H2,1-4H3. The van der Waals surface area contributed by atoms with E-state index in [9.17, 15) is 4.79 Å². The SMILES string of the molecule is COC1CN(C(C)=O)CCc2nnn(C)c2C1OC. The van der Waals surface area contributed by atoms with Gasteiger partial charge in [-0.25, -0.2) is 4.68 Å². The summed E-state index contributed by atoms with van der Waals surface area (Å²) in [4.78, 5) is 13.4. The second-order valence-corrected chi connectivity index (χ2v) is 4.69. The molecule has 0 fully saturated rings. The molecule has 0 N–H and O–H groups in total. The van der Waals surface area contributed by atoms with Crippen molar-refractivity contribution in [1.82, 2.24) is 19.9 Å². The van der Waals surface area contributed by atoms with E-state index in [2.05, 4.69) is 10.3 Å². The number of carbonyl (C=O) groups is 1. The van der Waals surface area contributed by atoms with Gasteiger partial charge in [0.1, 0.15) is 12.2 Å². The van der Waals surface area contributed by atoms with Crippen LogP contribution in [-0.4, -0.2) is 59.2 Å². The van der Waals surface area contributed by atoms with Crippen molar-refractivity contribution in [1.29, 1.82) is 0 Å². The molecule has 106 valence electrons. The highest BCUT2D eigenvalue weighted by atomic mass is 16.5. The number of aromatic nitrogens is 3. The average Bonchev–Trinajstić information content (AvgIpc) is 2.71. The zero-order chi connectivity index (χ0) is 14.0. The zero-order valence-electron chi connectivity index (χ0n) is 11.8. The first kappa shape index (κ1) is 14.0. The van der Waals surface area contributed by atoms with Gasteiger partial charge in [0.25, 0.3) is 0 Å². The van der Waals surface area contributed by atoms with Gasteiger partial charge in [0.15, 0.2) is 0 Å². The van der Waals surface area contributed by atoms with Crippen LogP contribution in [0.15, 0.2) is 0 Å². The molecular formula is C12H20N4O3. The van der Waals surface area contributed by atoms with Crippen molar-refractivity contribution in [3.63, 3.8) is 0 Å². The second-order valence-electron chi connectivity index (χ2n) is 4.69. The van der Waals surface area contributed by atoms with Crippen molar-refractivity contribution in [3.8, 4) is 0 Å². The lowest BCUT2D eigenvalue weighted by Gasteiger charge is -2.32. The summed E-state index contributed by atoms with van der Waals surface area (Å²) < 4.78 is 12.8. The Labute approximate surface area is 112 Å². The summed E-state index contributed by atoms with van der Waals surface area (Å²) in [6, 6.07) is 0. The summed E-state index contributed by atoms with van der Waals surface area (Å²) in [5, 5.41) is 8.20. The normalized spacial score (nSPS) is 23.7. The number of hydrogen-bond acceptors (Lipinski definition) is 5. The number of nitrogens with zero attached hydrogens (tertiary/aromatic N) is 4. The van der Waals surface area contributed by atoms with Crippen LogP contribution in [0.2, 0.25) is 0 Å². The van der Waals surface area contributed by atoms with E-state index in [0.29, 0.717) is 19.5 Å². The third-order valence-electron chi connectivity index (χ3n) is 3.57. The number of aryl methyl sites for hydroxylation is 1. The van der Waals surface area contributed by atoms with Gasteiger partial charge in [0.2, 0.25) is 5.91 Å². The molecule has 0 spiro atoms. The lowest BCUT2D eigenvalue weighted by Crippen LogP contribution is -2.43. The van der Waals surface area contributed by atoms with Crippen LogP contribution in [0.1, 0.15) is 24.4 Å². The van der Waals surface area contributed by atoms with Crippen molar-refractivity contribution >= 4 is 5.91 Å². The molecule has 0 bridgehead atoms. The molecule has 7 heteroatoms. The maximum atomic E-state index is 11.6. The highest BCUT2D eigenvalue weighted by molar-refractivity contribution is 5.73. The molecule has 0 saturated heterocycles. The number of carbonyl (C=O) groups excluding carboxylic acids is 1. The monoisotopic (exact) mass is 268 g/mol. The summed E-state index contributed by atoms with van der Waals surface area (Å²) in [6.45, 7) is 2.69. The zero-order valence-corrected chi connectivity index (χ0v) is 11.8. The molecule has 1 aliphatic heterocycles. The van der Waals surface area contributed by atoms with Gasteiger partial charge in [-0.2, -0.15) is 0 Å². The summed E-state index contributed by atoms with van der Waals surface area (Å²) >= 11 is 0. The van der Waals surface area contributed by atoms with Crippen LogP contribution in [0.5, 0.6) is 0 Å². The van der Waals surface area contributed by atoms with Crippen LogP contribution in [0.3, 0.4) is 0 Å². The molecule has 1 aromatic heterocycles. The van der Waals surface area contributed by atoms with Crippen molar-refractivity contribution < 1.29 is 14.3 Å². The van der Waals surface area contributed by atoms with Crippen LogP contribution >= 0.6 is 0 Å². The fraction of sp³-hybridized carbons (Fsp3) is 0.750.